The van der Waals surface area contributed by atoms with E-state index in [1.54, 1.807) is 12.3 Å². The van der Waals surface area contributed by atoms with Gasteiger partial charge in [0.15, 0.2) is 5.78 Å². The Balaban J connectivity index is 2.24. The van der Waals surface area contributed by atoms with Crippen LogP contribution >= 0.6 is 15.9 Å². The van der Waals surface area contributed by atoms with E-state index in [0.29, 0.717) is 17.7 Å². The molecule has 0 saturated carbocycles. The minimum absolute atomic E-state index is 0.0607. The molecule has 0 fully saturated rings. The zero-order valence-corrected chi connectivity index (χ0v) is 10.5. The Bertz CT molecular complexity index is 501. The van der Waals surface area contributed by atoms with Gasteiger partial charge in [-0.2, -0.15) is 0 Å². The zero-order chi connectivity index (χ0) is 11.5. The molecule has 0 spiro atoms. The van der Waals surface area contributed by atoms with E-state index in [0.717, 1.165) is 10.0 Å². The van der Waals surface area contributed by atoms with Gasteiger partial charge in [-0.05, 0) is 31.2 Å². The Hall–Kier alpha value is -1.35. The molecule has 0 aliphatic heterocycles. The zero-order valence-electron chi connectivity index (χ0n) is 8.87. The third-order valence-electron chi connectivity index (χ3n) is 2.34. The van der Waals surface area contributed by atoms with Crippen LogP contribution in [0.25, 0.3) is 0 Å². The molecular formula is C13H11BrO2. The average Bonchev–Trinajstić information content (AvgIpc) is 2.74. The van der Waals surface area contributed by atoms with Crippen molar-refractivity contribution in [1.29, 1.82) is 0 Å². The molecule has 82 valence electrons. The van der Waals surface area contributed by atoms with E-state index < -0.39 is 0 Å². The van der Waals surface area contributed by atoms with Crippen molar-refractivity contribution < 1.29 is 9.21 Å². The molecule has 1 aromatic heterocycles. The van der Waals surface area contributed by atoms with Crippen molar-refractivity contribution in [2.24, 2.45) is 0 Å². The van der Waals surface area contributed by atoms with Crippen LogP contribution in [-0.2, 0) is 6.42 Å². The van der Waals surface area contributed by atoms with Crippen molar-refractivity contribution in [3.05, 3.63) is 58.0 Å². The van der Waals surface area contributed by atoms with Gasteiger partial charge in [-0.1, -0.05) is 27.6 Å². The first-order chi connectivity index (χ1) is 7.66. The van der Waals surface area contributed by atoms with Crippen LogP contribution in [-0.4, -0.2) is 5.78 Å². The number of furan rings is 1. The largest absolute Gasteiger partial charge is 0.469 e. The molecule has 0 N–H and O–H groups in total. The summed E-state index contributed by atoms with van der Waals surface area (Å²) in [6, 6.07) is 9.34. The van der Waals surface area contributed by atoms with Gasteiger partial charge in [0.2, 0.25) is 0 Å². The Morgan fingerprint density at radius 2 is 2.19 bits per heavy atom. The monoisotopic (exact) mass is 278 g/mol. The van der Waals surface area contributed by atoms with Crippen LogP contribution in [0.15, 0.2) is 45.5 Å². The first kappa shape index (κ1) is 11.1. The molecule has 2 rings (SSSR count). The van der Waals surface area contributed by atoms with Gasteiger partial charge in [0.05, 0.1) is 12.7 Å². The number of ketones is 1. The van der Waals surface area contributed by atoms with E-state index in [4.69, 9.17) is 4.42 Å². The lowest BCUT2D eigenvalue weighted by Crippen LogP contribution is -2.04. The average molecular weight is 279 g/mol. The van der Waals surface area contributed by atoms with Gasteiger partial charge in [-0.15, -0.1) is 0 Å². The second-order valence-electron chi connectivity index (χ2n) is 3.66. The van der Waals surface area contributed by atoms with E-state index in [1.165, 1.54) is 0 Å². The van der Waals surface area contributed by atoms with Gasteiger partial charge < -0.3 is 4.42 Å². The summed E-state index contributed by atoms with van der Waals surface area (Å²) >= 11 is 3.38. The van der Waals surface area contributed by atoms with Crippen LogP contribution in [0.5, 0.6) is 0 Å². The van der Waals surface area contributed by atoms with Crippen molar-refractivity contribution in [1.82, 2.24) is 0 Å². The molecular weight excluding hydrogens is 268 g/mol. The smallest absolute Gasteiger partial charge is 0.171 e. The second-order valence-corrected chi connectivity index (χ2v) is 4.52. The van der Waals surface area contributed by atoms with Gasteiger partial charge in [0, 0.05) is 10.0 Å². The molecule has 0 amide bonds. The minimum atomic E-state index is 0.0607. The molecule has 0 unspecified atom stereocenters. The highest BCUT2D eigenvalue weighted by atomic mass is 79.9. The minimum Gasteiger partial charge on any atom is -0.469 e. The highest BCUT2D eigenvalue weighted by Gasteiger charge is 2.12. The fraction of sp³-hybridized carbons (Fsp3) is 0.154. The number of halogens is 1. The predicted octanol–water partition coefficient (Wildman–Crippen LogP) is 3.78. The lowest BCUT2D eigenvalue weighted by Gasteiger charge is -2.03. The van der Waals surface area contributed by atoms with Crippen LogP contribution in [0.2, 0.25) is 0 Å². The summed E-state index contributed by atoms with van der Waals surface area (Å²) in [6.45, 7) is 1.97. The van der Waals surface area contributed by atoms with Crippen molar-refractivity contribution in [2.75, 3.05) is 0 Å². The highest BCUT2D eigenvalue weighted by molar-refractivity contribution is 9.10. The fourth-order valence-corrected chi connectivity index (χ4v) is 1.99. The maximum absolute atomic E-state index is 12.0. The number of aryl methyl sites for hydroxylation is 1. The van der Waals surface area contributed by atoms with Crippen molar-refractivity contribution >= 4 is 21.7 Å². The van der Waals surface area contributed by atoms with Crippen molar-refractivity contribution in [2.45, 2.75) is 13.3 Å². The number of Topliss-reactive ketones (excluding diaryl/α,β-unsaturated/α-hetero) is 1. The summed E-state index contributed by atoms with van der Waals surface area (Å²) in [4.78, 5) is 12.0. The summed E-state index contributed by atoms with van der Waals surface area (Å²) in [5.41, 5.74) is 1.78. The molecule has 2 aromatic rings. The van der Waals surface area contributed by atoms with Crippen molar-refractivity contribution in [3.8, 4) is 0 Å². The van der Waals surface area contributed by atoms with Crippen LogP contribution in [0.4, 0.5) is 0 Å². The van der Waals surface area contributed by atoms with Gasteiger partial charge in [-0.3, -0.25) is 4.79 Å². The Morgan fingerprint density at radius 1 is 1.38 bits per heavy atom. The number of carbonyl (C=O) groups is 1. The van der Waals surface area contributed by atoms with E-state index in [9.17, 15) is 4.79 Å². The first-order valence-corrected chi connectivity index (χ1v) is 5.78. The molecule has 0 aliphatic rings. The Labute approximate surface area is 102 Å². The molecule has 0 aliphatic carbocycles. The lowest BCUT2D eigenvalue weighted by molar-refractivity contribution is 0.0986. The van der Waals surface area contributed by atoms with Crippen molar-refractivity contribution in [3.63, 3.8) is 0 Å². The molecule has 16 heavy (non-hydrogen) atoms. The molecule has 2 nitrogen and oxygen atoms in total. The van der Waals surface area contributed by atoms with Gasteiger partial charge in [0.25, 0.3) is 0 Å². The Kier molecular flexibility index (Phi) is 3.25. The topological polar surface area (TPSA) is 30.2 Å². The highest BCUT2D eigenvalue weighted by Crippen LogP contribution is 2.20. The van der Waals surface area contributed by atoms with E-state index >= 15 is 0 Å². The van der Waals surface area contributed by atoms with Gasteiger partial charge in [-0.25, -0.2) is 0 Å². The maximum Gasteiger partial charge on any atom is 0.171 e. The normalized spacial score (nSPS) is 10.4. The van der Waals surface area contributed by atoms with Gasteiger partial charge >= 0.3 is 0 Å². The van der Waals surface area contributed by atoms with E-state index in [2.05, 4.69) is 15.9 Å². The standard InChI is InChI=1S/C13H11BrO2/c1-9-4-5-12(14)11(7-9)13(15)8-10-3-2-6-16-10/h2-7H,8H2,1H3. The predicted molar refractivity (Wildman–Crippen MR) is 65.6 cm³/mol. The fourth-order valence-electron chi connectivity index (χ4n) is 1.52. The first-order valence-electron chi connectivity index (χ1n) is 4.98. The number of hydrogen-bond donors (Lipinski definition) is 0. The number of rotatable bonds is 3. The molecule has 3 heteroatoms. The summed E-state index contributed by atoms with van der Waals surface area (Å²) in [5, 5.41) is 0. The van der Waals surface area contributed by atoms with Gasteiger partial charge in [0.1, 0.15) is 5.76 Å². The van der Waals surface area contributed by atoms with E-state index in [1.807, 2.05) is 31.2 Å². The number of benzene rings is 1. The quantitative estimate of drug-likeness (QED) is 0.800. The van der Waals surface area contributed by atoms with E-state index in [-0.39, 0.29) is 5.78 Å². The number of hydrogen-bond acceptors (Lipinski definition) is 2. The Morgan fingerprint density at radius 3 is 2.88 bits per heavy atom. The second kappa shape index (κ2) is 4.66. The van der Waals surface area contributed by atoms with Crippen LogP contribution in [0.3, 0.4) is 0 Å². The molecule has 1 aromatic carbocycles. The summed E-state index contributed by atoms with van der Waals surface area (Å²) in [6.07, 6.45) is 1.88. The van der Waals surface area contributed by atoms with Crippen LogP contribution < -0.4 is 0 Å². The third-order valence-corrected chi connectivity index (χ3v) is 3.03. The summed E-state index contributed by atoms with van der Waals surface area (Å²) in [7, 11) is 0. The third kappa shape index (κ3) is 2.42. The summed E-state index contributed by atoms with van der Waals surface area (Å²) < 4.78 is 5.99. The van der Waals surface area contributed by atoms with Crippen LogP contribution in [0, 0.1) is 6.92 Å². The summed E-state index contributed by atoms with van der Waals surface area (Å²) in [5.74, 6) is 0.754. The number of carbonyl (C=O) groups excluding carboxylic acids is 1. The molecule has 1 heterocycles. The molecule has 0 bridgehead atoms. The molecule has 0 radical (unpaired) electrons. The SMILES string of the molecule is Cc1ccc(Br)c(C(=O)Cc2ccco2)c1. The van der Waals surface area contributed by atoms with Crippen LogP contribution in [0.1, 0.15) is 21.7 Å². The lowest BCUT2D eigenvalue weighted by atomic mass is 10.0. The molecule has 0 atom stereocenters. The molecule has 0 saturated heterocycles. The maximum atomic E-state index is 12.0.